The molecule has 70 valence electrons. The number of carbonyl (C=O) groups excluding carboxylic acids is 1. The van der Waals surface area contributed by atoms with Crippen molar-refractivity contribution in [3.8, 4) is 0 Å². The fourth-order valence-electron chi connectivity index (χ4n) is 0.673. The number of aliphatic carboxylic acids is 1. The molecule has 0 bridgehead atoms. The minimum Gasteiger partial charge on any atom is -0.480 e. The molecule has 0 saturated carbocycles. The van der Waals surface area contributed by atoms with Crippen LogP contribution in [0.4, 0.5) is 0 Å². The number of carbonyl (C=O) groups is 2. The van der Waals surface area contributed by atoms with Gasteiger partial charge in [-0.05, 0) is 6.42 Å². The molecule has 0 rings (SSSR count). The molecule has 12 heavy (non-hydrogen) atoms. The summed E-state index contributed by atoms with van der Waals surface area (Å²) in [6.45, 7) is 1.26. The number of hydrogen-bond acceptors (Lipinski definition) is 3. The fourth-order valence-corrected chi connectivity index (χ4v) is 0.673. The van der Waals surface area contributed by atoms with Gasteiger partial charge in [0.15, 0.2) is 0 Å². The number of carboxylic acids is 1. The zero-order valence-electron chi connectivity index (χ0n) is 6.99. The molecule has 0 aliphatic carbocycles. The highest BCUT2D eigenvalue weighted by Gasteiger charge is 2.12. The van der Waals surface area contributed by atoms with E-state index in [2.05, 4.69) is 0 Å². The van der Waals surface area contributed by atoms with E-state index < -0.39 is 18.4 Å². The number of amides is 1. The highest BCUT2D eigenvalue weighted by molar-refractivity contribution is 5.80. The van der Waals surface area contributed by atoms with Crippen LogP contribution in [-0.2, 0) is 9.59 Å². The third-order valence-corrected chi connectivity index (χ3v) is 1.32. The average molecular weight is 175 g/mol. The van der Waals surface area contributed by atoms with Crippen LogP contribution in [0.3, 0.4) is 0 Å². The van der Waals surface area contributed by atoms with E-state index in [0.29, 0.717) is 6.42 Å². The minimum absolute atomic E-state index is 0.195. The van der Waals surface area contributed by atoms with Crippen LogP contribution >= 0.6 is 0 Å². The van der Waals surface area contributed by atoms with Crippen molar-refractivity contribution < 1.29 is 19.9 Å². The van der Waals surface area contributed by atoms with Gasteiger partial charge in [0.25, 0.3) is 0 Å². The lowest BCUT2D eigenvalue weighted by Crippen LogP contribution is -2.32. The Morgan fingerprint density at radius 2 is 2.00 bits per heavy atom. The Balaban J connectivity index is 3.69. The molecule has 0 heterocycles. The number of hydroxylamine groups is 2. The van der Waals surface area contributed by atoms with Gasteiger partial charge >= 0.3 is 5.97 Å². The van der Waals surface area contributed by atoms with Gasteiger partial charge in [-0.3, -0.25) is 14.8 Å². The highest BCUT2D eigenvalue weighted by Crippen LogP contribution is 1.97. The maximum Gasteiger partial charge on any atom is 0.325 e. The van der Waals surface area contributed by atoms with Crippen LogP contribution in [0.25, 0.3) is 0 Å². The van der Waals surface area contributed by atoms with Crippen LogP contribution in [0, 0.1) is 0 Å². The zero-order valence-corrected chi connectivity index (χ0v) is 6.99. The number of unbranched alkanes of at least 4 members (excludes halogenated alkanes) is 1. The summed E-state index contributed by atoms with van der Waals surface area (Å²) >= 11 is 0. The Labute approximate surface area is 70.6 Å². The van der Waals surface area contributed by atoms with Gasteiger partial charge in [-0.25, -0.2) is 5.06 Å². The number of rotatable bonds is 5. The van der Waals surface area contributed by atoms with Crippen molar-refractivity contribution in [1.29, 1.82) is 0 Å². The van der Waals surface area contributed by atoms with E-state index >= 15 is 0 Å². The summed E-state index contributed by atoms with van der Waals surface area (Å²) in [6, 6.07) is 0. The summed E-state index contributed by atoms with van der Waals surface area (Å²) in [5.41, 5.74) is 0. The molecule has 0 aliphatic heterocycles. The molecule has 2 N–H and O–H groups in total. The van der Waals surface area contributed by atoms with Gasteiger partial charge in [-0.15, -0.1) is 0 Å². The lowest BCUT2D eigenvalue weighted by molar-refractivity contribution is -0.173. The van der Waals surface area contributed by atoms with Crippen molar-refractivity contribution in [3.63, 3.8) is 0 Å². The predicted octanol–water partition coefficient (Wildman–Crippen LogP) is 0.479. The number of carboxylic acid groups (broad SMARTS) is 1. The van der Waals surface area contributed by atoms with E-state index in [1.165, 1.54) is 0 Å². The number of nitrogens with zero attached hydrogens (tertiary/aromatic N) is 1. The minimum atomic E-state index is -1.22. The van der Waals surface area contributed by atoms with Crippen molar-refractivity contribution in [3.05, 3.63) is 0 Å². The largest absolute Gasteiger partial charge is 0.480 e. The summed E-state index contributed by atoms with van der Waals surface area (Å²) in [5, 5.41) is 17.3. The Morgan fingerprint density at radius 1 is 1.42 bits per heavy atom. The normalized spacial score (nSPS) is 9.50. The van der Waals surface area contributed by atoms with Gasteiger partial charge in [0.1, 0.15) is 6.54 Å². The lowest BCUT2D eigenvalue weighted by atomic mass is 10.2. The van der Waals surface area contributed by atoms with E-state index in [1.54, 1.807) is 0 Å². The molecule has 0 spiro atoms. The van der Waals surface area contributed by atoms with Crippen molar-refractivity contribution >= 4 is 11.9 Å². The van der Waals surface area contributed by atoms with E-state index in [9.17, 15) is 9.59 Å². The molecule has 0 aromatic carbocycles. The summed E-state index contributed by atoms with van der Waals surface area (Å²) in [7, 11) is 0. The molecule has 5 heteroatoms. The van der Waals surface area contributed by atoms with E-state index in [4.69, 9.17) is 10.3 Å². The van der Waals surface area contributed by atoms with Gasteiger partial charge in [0, 0.05) is 6.42 Å². The predicted molar refractivity (Wildman–Crippen MR) is 40.7 cm³/mol. The maximum absolute atomic E-state index is 10.8. The van der Waals surface area contributed by atoms with Crippen LogP contribution in [0.2, 0.25) is 0 Å². The van der Waals surface area contributed by atoms with Crippen LogP contribution in [-0.4, -0.2) is 33.8 Å². The topological polar surface area (TPSA) is 77.8 Å². The van der Waals surface area contributed by atoms with E-state index in [1.807, 2.05) is 6.92 Å². The van der Waals surface area contributed by atoms with E-state index in [-0.39, 0.29) is 11.5 Å². The summed E-state index contributed by atoms with van der Waals surface area (Å²) < 4.78 is 0. The Hall–Kier alpha value is -1.10. The van der Waals surface area contributed by atoms with Crippen LogP contribution < -0.4 is 0 Å². The van der Waals surface area contributed by atoms with Crippen molar-refractivity contribution in [1.82, 2.24) is 5.06 Å². The molecule has 0 aliphatic rings. The van der Waals surface area contributed by atoms with Crippen molar-refractivity contribution in [2.45, 2.75) is 26.2 Å². The van der Waals surface area contributed by atoms with Crippen molar-refractivity contribution in [2.24, 2.45) is 0 Å². The Kier molecular flexibility index (Phi) is 5.03. The third kappa shape index (κ3) is 4.68. The second-order valence-electron chi connectivity index (χ2n) is 2.45. The molecule has 0 fully saturated rings. The van der Waals surface area contributed by atoms with Gasteiger partial charge in [0.05, 0.1) is 0 Å². The maximum atomic E-state index is 10.8. The summed E-state index contributed by atoms with van der Waals surface area (Å²) in [4.78, 5) is 20.9. The third-order valence-electron chi connectivity index (χ3n) is 1.32. The molecule has 0 aromatic heterocycles. The summed E-state index contributed by atoms with van der Waals surface area (Å²) in [6.07, 6.45) is 1.70. The Bertz CT molecular complexity index is 169. The monoisotopic (exact) mass is 175 g/mol. The van der Waals surface area contributed by atoms with Crippen LogP contribution in [0.1, 0.15) is 26.2 Å². The van der Waals surface area contributed by atoms with Crippen LogP contribution in [0.5, 0.6) is 0 Å². The van der Waals surface area contributed by atoms with Gasteiger partial charge in [0.2, 0.25) is 5.91 Å². The molecule has 5 nitrogen and oxygen atoms in total. The van der Waals surface area contributed by atoms with Gasteiger partial charge in [-0.2, -0.15) is 0 Å². The first-order valence-corrected chi connectivity index (χ1v) is 3.79. The smallest absolute Gasteiger partial charge is 0.325 e. The standard InChI is InChI=1S/C7H13NO4/c1-2-3-4-6(9)8(12)5-7(10)11/h12H,2-5H2,1H3,(H,10,11). The molecular weight excluding hydrogens is 162 g/mol. The second-order valence-corrected chi connectivity index (χ2v) is 2.45. The first-order chi connectivity index (χ1) is 5.57. The molecule has 0 aromatic rings. The SMILES string of the molecule is CCCCC(=O)N(O)CC(=O)O. The second kappa shape index (κ2) is 5.54. The Morgan fingerprint density at radius 3 is 2.42 bits per heavy atom. The molecular formula is C7H13NO4. The first kappa shape index (κ1) is 10.9. The first-order valence-electron chi connectivity index (χ1n) is 3.79. The van der Waals surface area contributed by atoms with Gasteiger partial charge in [-0.1, -0.05) is 13.3 Å². The fraction of sp³-hybridized carbons (Fsp3) is 0.714. The van der Waals surface area contributed by atoms with Crippen LogP contribution in [0.15, 0.2) is 0 Å². The average Bonchev–Trinajstić information content (AvgIpc) is 1.98. The van der Waals surface area contributed by atoms with E-state index in [0.717, 1.165) is 6.42 Å². The molecule has 1 amide bonds. The highest BCUT2D eigenvalue weighted by atomic mass is 16.5. The molecule has 0 radical (unpaired) electrons. The summed E-state index contributed by atoms with van der Waals surface area (Å²) in [5.74, 6) is -1.76. The number of hydrogen-bond donors (Lipinski definition) is 2. The quantitative estimate of drug-likeness (QED) is 0.470. The molecule has 0 unspecified atom stereocenters. The molecule has 0 saturated heterocycles. The van der Waals surface area contributed by atoms with Gasteiger partial charge < -0.3 is 5.11 Å². The lowest BCUT2D eigenvalue weighted by Gasteiger charge is -2.11. The molecule has 0 atom stereocenters. The van der Waals surface area contributed by atoms with Crippen molar-refractivity contribution in [2.75, 3.05) is 6.54 Å². The zero-order chi connectivity index (χ0) is 9.56.